The number of amides is 1. The second kappa shape index (κ2) is 8.74. The van der Waals surface area contributed by atoms with E-state index in [4.69, 9.17) is 21.1 Å². The number of aromatic nitrogens is 2. The van der Waals surface area contributed by atoms with Gasteiger partial charge in [0.25, 0.3) is 5.91 Å². The van der Waals surface area contributed by atoms with Crippen LogP contribution in [0, 0.1) is 12.7 Å². The van der Waals surface area contributed by atoms with E-state index >= 15 is 0 Å². The molecule has 7 nitrogen and oxygen atoms in total. The fourth-order valence-corrected chi connectivity index (χ4v) is 2.89. The summed E-state index contributed by atoms with van der Waals surface area (Å²) >= 11 is 6.39. The average Bonchev–Trinajstić information content (AvgIpc) is 3.02. The van der Waals surface area contributed by atoms with E-state index in [0.29, 0.717) is 34.0 Å². The van der Waals surface area contributed by atoms with Gasteiger partial charge in [0.15, 0.2) is 0 Å². The van der Waals surface area contributed by atoms with Gasteiger partial charge >= 0.3 is 0 Å². The number of benzene rings is 2. The van der Waals surface area contributed by atoms with Crippen molar-refractivity contribution in [3.8, 4) is 17.2 Å². The number of hydrogen-bond donors (Lipinski definition) is 1. The van der Waals surface area contributed by atoms with Crippen LogP contribution in [-0.2, 0) is 0 Å². The molecule has 1 aromatic heterocycles. The third-order valence-corrected chi connectivity index (χ3v) is 4.46. The number of ether oxygens (including phenoxy) is 2. The monoisotopic (exact) mass is 416 g/mol. The number of hydrazone groups is 1. The Morgan fingerprint density at radius 3 is 2.38 bits per heavy atom. The number of nitrogens with one attached hydrogen (secondary N) is 1. The predicted octanol–water partition coefficient (Wildman–Crippen LogP) is 3.75. The first-order valence-electron chi connectivity index (χ1n) is 8.50. The van der Waals surface area contributed by atoms with E-state index in [2.05, 4.69) is 15.6 Å². The van der Waals surface area contributed by atoms with Crippen molar-refractivity contribution in [2.75, 3.05) is 14.2 Å². The highest BCUT2D eigenvalue weighted by Gasteiger charge is 2.14. The molecule has 1 heterocycles. The minimum Gasteiger partial charge on any atom is -0.497 e. The van der Waals surface area contributed by atoms with Gasteiger partial charge in [-0.15, -0.1) is 0 Å². The smallest absolute Gasteiger partial charge is 0.271 e. The highest BCUT2D eigenvalue weighted by Crippen LogP contribution is 2.23. The maximum atomic E-state index is 13.1. The standard InChI is InChI=1S/C20H18ClFN4O3/c1-12-18(19(21)26(25-12)15-6-4-14(22)5-7-15)11-23-24-20(27)13-8-16(28-2)10-17(9-13)29-3/h4-11H,1-3H3,(H,24,27)/b23-11-. The molecule has 1 N–H and O–H groups in total. The largest absolute Gasteiger partial charge is 0.497 e. The van der Waals surface area contributed by atoms with Crippen LogP contribution in [0.1, 0.15) is 21.6 Å². The molecule has 0 radical (unpaired) electrons. The molecule has 150 valence electrons. The molecule has 3 aromatic rings. The average molecular weight is 417 g/mol. The maximum Gasteiger partial charge on any atom is 0.271 e. The number of aryl methyl sites for hydroxylation is 1. The molecule has 2 aromatic carbocycles. The highest BCUT2D eigenvalue weighted by atomic mass is 35.5. The molecule has 0 unspecified atom stereocenters. The molecule has 0 aliphatic carbocycles. The van der Waals surface area contributed by atoms with Gasteiger partial charge in [-0.1, -0.05) is 11.6 Å². The van der Waals surface area contributed by atoms with Gasteiger partial charge < -0.3 is 9.47 Å². The Bertz CT molecular complexity index is 1040. The molecule has 29 heavy (non-hydrogen) atoms. The second-order valence-electron chi connectivity index (χ2n) is 5.98. The lowest BCUT2D eigenvalue weighted by molar-refractivity contribution is 0.0954. The van der Waals surface area contributed by atoms with Gasteiger partial charge in [0.2, 0.25) is 0 Å². The molecule has 9 heteroatoms. The van der Waals surface area contributed by atoms with Crippen molar-refractivity contribution in [1.82, 2.24) is 15.2 Å². The summed E-state index contributed by atoms with van der Waals surface area (Å²) in [5.41, 5.74) is 4.49. The molecule has 0 spiro atoms. The predicted molar refractivity (Wildman–Crippen MR) is 108 cm³/mol. The van der Waals surface area contributed by atoms with E-state index in [9.17, 15) is 9.18 Å². The van der Waals surface area contributed by atoms with E-state index in [1.807, 2.05) is 0 Å². The first-order valence-corrected chi connectivity index (χ1v) is 8.88. The summed E-state index contributed by atoms with van der Waals surface area (Å²) in [6, 6.07) is 10.6. The van der Waals surface area contributed by atoms with Crippen molar-refractivity contribution in [3.63, 3.8) is 0 Å². The number of halogens is 2. The zero-order valence-corrected chi connectivity index (χ0v) is 16.7. The Hall–Kier alpha value is -3.39. The minimum atomic E-state index is -0.446. The molecular formula is C20H18ClFN4O3. The number of carbonyl (C=O) groups is 1. The minimum absolute atomic E-state index is 0.287. The number of rotatable bonds is 6. The van der Waals surface area contributed by atoms with Crippen LogP contribution in [0.25, 0.3) is 5.69 Å². The lowest BCUT2D eigenvalue weighted by atomic mass is 10.2. The van der Waals surface area contributed by atoms with Crippen LogP contribution < -0.4 is 14.9 Å². The first-order chi connectivity index (χ1) is 13.9. The molecule has 0 saturated heterocycles. The van der Waals surface area contributed by atoms with Crippen LogP contribution in [0.15, 0.2) is 47.6 Å². The second-order valence-corrected chi connectivity index (χ2v) is 6.34. The zero-order chi connectivity index (χ0) is 21.0. The van der Waals surface area contributed by atoms with Crippen LogP contribution in [-0.4, -0.2) is 36.1 Å². The van der Waals surface area contributed by atoms with Crippen LogP contribution in [0.2, 0.25) is 5.15 Å². The zero-order valence-electron chi connectivity index (χ0n) is 15.9. The Labute approximate surface area is 171 Å². The van der Waals surface area contributed by atoms with Crippen molar-refractivity contribution in [2.24, 2.45) is 5.10 Å². The molecule has 0 saturated carbocycles. The lowest BCUT2D eigenvalue weighted by Crippen LogP contribution is -2.17. The summed E-state index contributed by atoms with van der Waals surface area (Å²) in [5, 5.41) is 8.59. The molecule has 0 aliphatic rings. The van der Waals surface area contributed by atoms with Crippen LogP contribution in [0.4, 0.5) is 4.39 Å². The van der Waals surface area contributed by atoms with Gasteiger partial charge in [-0.25, -0.2) is 14.5 Å². The summed E-state index contributed by atoms with van der Waals surface area (Å²) in [5.74, 6) is 0.168. The van der Waals surface area contributed by atoms with Crippen molar-refractivity contribution >= 4 is 23.7 Å². The lowest BCUT2D eigenvalue weighted by Gasteiger charge is -2.07. The van der Waals surface area contributed by atoms with Gasteiger partial charge in [0.1, 0.15) is 22.5 Å². The van der Waals surface area contributed by atoms with Crippen molar-refractivity contribution in [1.29, 1.82) is 0 Å². The fraction of sp³-hybridized carbons (Fsp3) is 0.150. The normalized spacial score (nSPS) is 10.9. The molecular weight excluding hydrogens is 399 g/mol. The molecule has 0 aliphatic heterocycles. The van der Waals surface area contributed by atoms with E-state index in [-0.39, 0.29) is 11.0 Å². The Morgan fingerprint density at radius 1 is 1.17 bits per heavy atom. The van der Waals surface area contributed by atoms with Gasteiger partial charge in [-0.05, 0) is 43.3 Å². The Morgan fingerprint density at radius 2 is 1.79 bits per heavy atom. The SMILES string of the molecule is COc1cc(OC)cc(C(=O)N/N=C\c2c(C)nn(-c3ccc(F)cc3)c2Cl)c1. The van der Waals surface area contributed by atoms with Gasteiger partial charge in [-0.3, -0.25) is 4.79 Å². The van der Waals surface area contributed by atoms with E-state index < -0.39 is 5.91 Å². The number of nitrogens with zero attached hydrogens (tertiary/aromatic N) is 3. The van der Waals surface area contributed by atoms with Crippen LogP contribution in [0.5, 0.6) is 11.5 Å². The number of hydrogen-bond acceptors (Lipinski definition) is 5. The highest BCUT2D eigenvalue weighted by molar-refractivity contribution is 6.32. The molecule has 0 bridgehead atoms. The number of carbonyl (C=O) groups excluding carboxylic acids is 1. The van der Waals surface area contributed by atoms with Crippen LogP contribution >= 0.6 is 11.6 Å². The maximum absolute atomic E-state index is 13.1. The van der Waals surface area contributed by atoms with Gasteiger partial charge in [0.05, 0.1) is 37.4 Å². The first kappa shape index (κ1) is 20.3. The summed E-state index contributed by atoms with van der Waals surface area (Å²) in [6.45, 7) is 1.75. The van der Waals surface area contributed by atoms with Crippen LogP contribution in [0.3, 0.4) is 0 Å². The molecule has 0 fully saturated rings. The molecule has 0 atom stereocenters. The van der Waals surface area contributed by atoms with Gasteiger partial charge in [-0.2, -0.15) is 10.2 Å². The summed E-state index contributed by atoms with van der Waals surface area (Å²) in [7, 11) is 3.00. The third kappa shape index (κ3) is 4.55. The Balaban J connectivity index is 1.79. The summed E-state index contributed by atoms with van der Waals surface area (Å²) in [4.78, 5) is 12.4. The summed E-state index contributed by atoms with van der Waals surface area (Å²) in [6.07, 6.45) is 1.40. The van der Waals surface area contributed by atoms with Gasteiger partial charge in [0, 0.05) is 11.6 Å². The van der Waals surface area contributed by atoms with E-state index in [1.54, 1.807) is 37.3 Å². The Kier molecular flexibility index (Phi) is 6.13. The number of methoxy groups -OCH3 is 2. The quantitative estimate of drug-likeness (QED) is 0.490. The topological polar surface area (TPSA) is 77.7 Å². The molecule has 1 amide bonds. The van der Waals surface area contributed by atoms with Crippen molar-refractivity contribution in [2.45, 2.75) is 6.92 Å². The molecule has 3 rings (SSSR count). The van der Waals surface area contributed by atoms with E-state index in [0.717, 1.165) is 0 Å². The summed E-state index contributed by atoms with van der Waals surface area (Å²) < 4.78 is 24.9. The fourth-order valence-electron chi connectivity index (χ4n) is 2.57. The van der Waals surface area contributed by atoms with E-state index in [1.165, 1.54) is 37.2 Å². The third-order valence-electron chi connectivity index (χ3n) is 4.09. The van der Waals surface area contributed by atoms with Crippen molar-refractivity contribution < 1.29 is 18.7 Å². The van der Waals surface area contributed by atoms with Crippen molar-refractivity contribution in [3.05, 3.63) is 70.3 Å².